The van der Waals surface area contributed by atoms with Crippen LogP contribution in [-0.2, 0) is 19.1 Å². The molecule has 1 aliphatic heterocycles. The molecule has 6 nitrogen and oxygen atoms in total. The van der Waals surface area contributed by atoms with Crippen molar-refractivity contribution in [2.45, 2.75) is 89.8 Å². The van der Waals surface area contributed by atoms with Gasteiger partial charge in [-0.25, -0.2) is 0 Å². The summed E-state index contributed by atoms with van der Waals surface area (Å²) in [7, 11) is 0. The number of Topliss-reactive ketones (excluding diaryl/α,β-unsaturated/α-hetero) is 1. The Balaban J connectivity index is 1.58. The fraction of sp³-hybridized carbons (Fsp3) is 0.833. The van der Waals surface area contributed by atoms with Crippen LogP contribution in [0.15, 0.2) is 11.6 Å². The SMILES string of the molecule is CC1(C)O[C@H]2C[C@@H]3[C@H]4CCC5=CC(=O)CC[C@]5(C)[C@@H]4[C@@H](O)C[C@]3(C)[C@@]2(C(=O)CO)O1. The van der Waals surface area contributed by atoms with Crippen molar-refractivity contribution >= 4 is 11.6 Å². The number of fused-ring (bicyclic) bond motifs is 7. The number of rotatable bonds is 2. The maximum atomic E-state index is 13.2. The van der Waals surface area contributed by atoms with Crippen LogP contribution in [0, 0.1) is 28.6 Å². The predicted octanol–water partition coefficient (Wildman–Crippen LogP) is 2.55. The van der Waals surface area contributed by atoms with Gasteiger partial charge >= 0.3 is 0 Å². The number of carbonyl (C=O) groups excluding carboxylic acids is 2. The summed E-state index contributed by atoms with van der Waals surface area (Å²) in [6, 6.07) is 0. The number of hydrogen-bond acceptors (Lipinski definition) is 6. The number of hydrogen-bond donors (Lipinski definition) is 2. The quantitative estimate of drug-likeness (QED) is 0.716. The lowest BCUT2D eigenvalue weighted by Gasteiger charge is -2.60. The highest BCUT2D eigenvalue weighted by atomic mass is 16.8. The Morgan fingerprint density at radius 1 is 1.23 bits per heavy atom. The summed E-state index contributed by atoms with van der Waals surface area (Å²) in [4.78, 5) is 25.2. The number of aliphatic hydroxyl groups is 2. The Hall–Kier alpha value is -1.08. The molecule has 0 aromatic heterocycles. The van der Waals surface area contributed by atoms with Gasteiger partial charge < -0.3 is 19.7 Å². The van der Waals surface area contributed by atoms with E-state index >= 15 is 0 Å². The summed E-state index contributed by atoms with van der Waals surface area (Å²) < 4.78 is 12.6. The van der Waals surface area contributed by atoms with Gasteiger partial charge in [0.2, 0.25) is 0 Å². The molecular formula is C24H34O6. The van der Waals surface area contributed by atoms with E-state index in [0.29, 0.717) is 19.3 Å². The number of carbonyl (C=O) groups is 2. The molecule has 2 N–H and O–H groups in total. The van der Waals surface area contributed by atoms with Crippen LogP contribution in [0.3, 0.4) is 0 Å². The number of ether oxygens (including phenoxy) is 2. The lowest BCUT2D eigenvalue weighted by Crippen LogP contribution is -2.64. The van der Waals surface area contributed by atoms with E-state index in [2.05, 4.69) is 13.8 Å². The summed E-state index contributed by atoms with van der Waals surface area (Å²) in [6.45, 7) is 7.32. The number of allylic oxidation sites excluding steroid dienone is 1. The Labute approximate surface area is 178 Å². The van der Waals surface area contributed by atoms with E-state index in [1.165, 1.54) is 5.57 Å². The topological polar surface area (TPSA) is 93.1 Å². The van der Waals surface area contributed by atoms with Crippen molar-refractivity contribution < 1.29 is 29.3 Å². The lowest BCUT2D eigenvalue weighted by molar-refractivity contribution is -0.227. The minimum atomic E-state index is -1.22. The Morgan fingerprint density at radius 3 is 2.67 bits per heavy atom. The van der Waals surface area contributed by atoms with Crippen LogP contribution in [0.25, 0.3) is 0 Å². The van der Waals surface area contributed by atoms with Crippen LogP contribution in [0.4, 0.5) is 0 Å². The Kier molecular flexibility index (Phi) is 4.33. The van der Waals surface area contributed by atoms with E-state index < -0.39 is 35.6 Å². The van der Waals surface area contributed by atoms with Gasteiger partial charge in [-0.3, -0.25) is 9.59 Å². The minimum Gasteiger partial charge on any atom is -0.393 e. The molecule has 0 unspecified atom stereocenters. The van der Waals surface area contributed by atoms with E-state index in [1.807, 2.05) is 19.9 Å². The highest BCUT2D eigenvalue weighted by molar-refractivity contribution is 5.92. The Bertz CT molecular complexity index is 832. The second-order valence-electron chi connectivity index (χ2n) is 11.2. The summed E-state index contributed by atoms with van der Waals surface area (Å²) in [5, 5.41) is 21.4. The summed E-state index contributed by atoms with van der Waals surface area (Å²) >= 11 is 0. The van der Waals surface area contributed by atoms with Crippen molar-refractivity contribution in [1.29, 1.82) is 0 Å². The summed E-state index contributed by atoms with van der Waals surface area (Å²) in [5.74, 6) is -0.569. The van der Waals surface area contributed by atoms with Crippen molar-refractivity contribution in [3.63, 3.8) is 0 Å². The second-order valence-corrected chi connectivity index (χ2v) is 11.2. The molecule has 0 spiro atoms. The normalized spacial score (nSPS) is 51.5. The molecule has 1 heterocycles. The van der Waals surface area contributed by atoms with Gasteiger partial charge in [-0.1, -0.05) is 19.4 Å². The van der Waals surface area contributed by atoms with Crippen LogP contribution in [0.2, 0.25) is 0 Å². The molecule has 8 atom stereocenters. The smallest absolute Gasteiger partial charge is 0.193 e. The zero-order valence-electron chi connectivity index (χ0n) is 18.4. The van der Waals surface area contributed by atoms with Gasteiger partial charge in [0.15, 0.2) is 23.0 Å². The molecule has 1 saturated heterocycles. The average Bonchev–Trinajstić information content (AvgIpc) is 3.07. The fourth-order valence-electron chi connectivity index (χ4n) is 8.40. The van der Waals surface area contributed by atoms with Gasteiger partial charge in [-0.2, -0.15) is 0 Å². The largest absolute Gasteiger partial charge is 0.393 e. The van der Waals surface area contributed by atoms with Crippen LogP contribution in [0.1, 0.15) is 66.2 Å². The number of aliphatic hydroxyl groups excluding tert-OH is 2. The Morgan fingerprint density at radius 2 is 1.97 bits per heavy atom. The molecule has 166 valence electrons. The van der Waals surface area contributed by atoms with Crippen LogP contribution in [-0.4, -0.2) is 52.0 Å². The third-order valence-electron chi connectivity index (χ3n) is 9.45. The van der Waals surface area contributed by atoms with Crippen molar-refractivity contribution in [3.8, 4) is 0 Å². The standard InChI is InChI=1S/C24H34O6/c1-21(2)29-19-10-16-15-6-5-13-9-14(26)7-8-22(13,3)20(15)17(27)11-23(16,4)24(19,30-21)18(28)12-25/h9,15-17,19-20,25,27H,5-8,10-12H2,1-4H3/t15-,16-,17+,19+,20+,22+,23+,24+/m1/s1. The molecule has 0 bridgehead atoms. The molecule has 6 heteroatoms. The van der Waals surface area contributed by atoms with E-state index in [0.717, 1.165) is 19.3 Å². The van der Waals surface area contributed by atoms with Crippen molar-refractivity contribution in [3.05, 3.63) is 11.6 Å². The molecule has 0 aromatic rings. The van der Waals surface area contributed by atoms with Gasteiger partial charge in [0.25, 0.3) is 0 Å². The monoisotopic (exact) mass is 418 g/mol. The highest BCUT2D eigenvalue weighted by Gasteiger charge is 2.76. The maximum absolute atomic E-state index is 13.2. The predicted molar refractivity (Wildman–Crippen MR) is 108 cm³/mol. The summed E-state index contributed by atoms with van der Waals surface area (Å²) in [6.07, 6.45) is 5.05. The third kappa shape index (κ3) is 2.39. The van der Waals surface area contributed by atoms with Crippen molar-refractivity contribution in [2.24, 2.45) is 28.6 Å². The fourth-order valence-corrected chi connectivity index (χ4v) is 8.40. The van der Waals surface area contributed by atoms with E-state index in [4.69, 9.17) is 9.47 Å². The first-order valence-corrected chi connectivity index (χ1v) is 11.4. The molecule has 5 aliphatic rings. The van der Waals surface area contributed by atoms with Gasteiger partial charge in [0.05, 0.1) is 12.2 Å². The second kappa shape index (κ2) is 6.25. The molecule has 0 aromatic carbocycles. The van der Waals surface area contributed by atoms with Gasteiger partial charge in [-0.15, -0.1) is 0 Å². The molecular weight excluding hydrogens is 384 g/mol. The van der Waals surface area contributed by atoms with E-state index in [9.17, 15) is 19.8 Å². The molecule has 5 rings (SSSR count). The van der Waals surface area contributed by atoms with Crippen LogP contribution in [0.5, 0.6) is 0 Å². The zero-order valence-corrected chi connectivity index (χ0v) is 18.4. The van der Waals surface area contributed by atoms with Crippen molar-refractivity contribution in [1.82, 2.24) is 0 Å². The van der Waals surface area contributed by atoms with Gasteiger partial charge in [0, 0.05) is 11.8 Å². The molecule has 0 radical (unpaired) electrons. The number of ketones is 2. The van der Waals surface area contributed by atoms with E-state index in [1.54, 1.807) is 0 Å². The molecule has 4 aliphatic carbocycles. The highest BCUT2D eigenvalue weighted by Crippen LogP contribution is 2.70. The average molecular weight is 419 g/mol. The first kappa shape index (κ1) is 20.8. The zero-order chi connectivity index (χ0) is 21.7. The molecule has 3 saturated carbocycles. The minimum absolute atomic E-state index is 0.0665. The molecule has 0 amide bonds. The summed E-state index contributed by atoms with van der Waals surface area (Å²) in [5.41, 5.74) is -0.810. The maximum Gasteiger partial charge on any atom is 0.193 e. The van der Waals surface area contributed by atoms with E-state index in [-0.39, 0.29) is 34.7 Å². The van der Waals surface area contributed by atoms with Crippen LogP contribution < -0.4 is 0 Å². The lowest BCUT2D eigenvalue weighted by atomic mass is 9.45. The molecule has 30 heavy (non-hydrogen) atoms. The van der Waals surface area contributed by atoms with Crippen LogP contribution >= 0.6 is 0 Å². The molecule has 4 fully saturated rings. The van der Waals surface area contributed by atoms with Crippen molar-refractivity contribution in [2.75, 3.05) is 6.61 Å². The third-order valence-corrected chi connectivity index (χ3v) is 9.45. The van der Waals surface area contributed by atoms with Gasteiger partial charge in [-0.05, 0) is 75.2 Å². The van der Waals surface area contributed by atoms with Gasteiger partial charge in [0.1, 0.15) is 6.61 Å². The first-order chi connectivity index (χ1) is 14.0. The first-order valence-electron chi connectivity index (χ1n) is 11.4.